The number of carbonyl (C=O) groups excluding carboxylic acids is 1. The zero-order chi connectivity index (χ0) is 26.6. The van der Waals surface area contributed by atoms with Crippen LogP contribution in [-0.4, -0.2) is 51.5 Å². The smallest absolute Gasteiger partial charge is 0.270 e. The maximum Gasteiger partial charge on any atom is 0.270 e. The van der Waals surface area contributed by atoms with Crippen molar-refractivity contribution < 1.29 is 19.4 Å². The molecule has 2 heterocycles. The summed E-state index contributed by atoms with van der Waals surface area (Å²) in [5.41, 5.74) is 3.00. The van der Waals surface area contributed by atoms with Crippen LogP contribution in [0.4, 0.5) is 11.4 Å². The van der Waals surface area contributed by atoms with Crippen LogP contribution in [0.15, 0.2) is 79.0 Å². The Kier molecular flexibility index (Phi) is 7.14. The van der Waals surface area contributed by atoms with Crippen molar-refractivity contribution in [2.24, 2.45) is 0 Å². The van der Waals surface area contributed by atoms with E-state index in [-0.39, 0.29) is 23.7 Å². The van der Waals surface area contributed by atoms with Crippen molar-refractivity contribution in [3.63, 3.8) is 0 Å². The van der Waals surface area contributed by atoms with Crippen LogP contribution in [0.25, 0.3) is 10.9 Å². The Labute approximate surface area is 218 Å². The van der Waals surface area contributed by atoms with Crippen LogP contribution in [0, 0.1) is 20.2 Å². The fraction of sp³-hybridized carbons (Fsp3) is 0.250. The van der Waals surface area contributed by atoms with Crippen molar-refractivity contribution in [1.82, 2.24) is 9.47 Å². The third-order valence-corrected chi connectivity index (χ3v) is 6.90. The number of non-ortho nitro benzene ring substituents is 2. The molecule has 3 aromatic carbocycles. The summed E-state index contributed by atoms with van der Waals surface area (Å²) < 4.78 is 7.39. The number of carbonyl (C=O) groups is 1. The van der Waals surface area contributed by atoms with Crippen molar-refractivity contribution in [3.05, 3.63) is 116 Å². The maximum atomic E-state index is 13.4. The second-order valence-corrected chi connectivity index (χ2v) is 9.26. The highest BCUT2D eigenvalue weighted by Gasteiger charge is 2.28. The second kappa shape index (κ2) is 10.8. The first kappa shape index (κ1) is 25.1. The number of nitro benzene ring substituents is 2. The van der Waals surface area contributed by atoms with E-state index in [4.69, 9.17) is 4.74 Å². The van der Waals surface area contributed by atoms with Crippen LogP contribution in [0.1, 0.15) is 29.0 Å². The largest absolute Gasteiger partial charge is 0.378 e. The van der Waals surface area contributed by atoms with Crippen molar-refractivity contribution >= 4 is 28.2 Å². The molecule has 0 radical (unpaired) electrons. The summed E-state index contributed by atoms with van der Waals surface area (Å²) in [6.45, 7) is 2.38. The molecule has 1 unspecified atom stereocenters. The molecule has 1 aliphatic heterocycles. The zero-order valence-corrected chi connectivity index (χ0v) is 20.6. The number of amides is 1. The van der Waals surface area contributed by atoms with Crippen LogP contribution < -0.4 is 0 Å². The van der Waals surface area contributed by atoms with E-state index < -0.39 is 15.8 Å². The quantitative estimate of drug-likeness (QED) is 0.244. The number of hydrogen-bond donors (Lipinski definition) is 0. The van der Waals surface area contributed by atoms with Crippen molar-refractivity contribution in [2.75, 3.05) is 26.3 Å². The van der Waals surface area contributed by atoms with Crippen LogP contribution in [-0.2, 0) is 16.1 Å². The molecule has 10 heteroatoms. The lowest BCUT2D eigenvalue weighted by Gasteiger charge is -2.28. The average Bonchev–Trinajstić information content (AvgIpc) is 3.29. The van der Waals surface area contributed by atoms with Gasteiger partial charge in [-0.1, -0.05) is 42.5 Å². The lowest BCUT2D eigenvalue weighted by molar-refractivity contribution is -0.385. The third kappa shape index (κ3) is 5.25. The Morgan fingerprint density at radius 1 is 0.895 bits per heavy atom. The number of ether oxygens (including phenoxy) is 1. The van der Waals surface area contributed by atoms with Gasteiger partial charge < -0.3 is 14.2 Å². The molecule has 194 valence electrons. The van der Waals surface area contributed by atoms with Gasteiger partial charge in [0, 0.05) is 73.3 Å². The van der Waals surface area contributed by atoms with Crippen LogP contribution in [0.5, 0.6) is 0 Å². The third-order valence-electron chi connectivity index (χ3n) is 6.90. The van der Waals surface area contributed by atoms with E-state index in [9.17, 15) is 25.0 Å². The summed E-state index contributed by atoms with van der Waals surface area (Å²) in [5.74, 6) is -0.647. The highest BCUT2D eigenvalue weighted by molar-refractivity contribution is 5.88. The molecule has 1 fully saturated rings. The number of benzene rings is 3. The predicted molar refractivity (Wildman–Crippen MR) is 141 cm³/mol. The van der Waals surface area contributed by atoms with E-state index in [0.29, 0.717) is 49.4 Å². The standard InChI is InChI=1S/C28H26N4O6/c33-28(29-11-13-38-14-12-29)17-24(21-7-4-8-22(15-21)31(34)35)26-19-30(18-20-5-2-1-3-6-20)27-10-9-23(32(36)37)16-25(26)27/h1-10,15-16,19,24H,11-14,17-18H2. The van der Waals surface area contributed by atoms with Gasteiger partial charge in [0.15, 0.2) is 0 Å². The molecule has 0 saturated carbocycles. The second-order valence-electron chi connectivity index (χ2n) is 9.26. The number of nitrogens with zero attached hydrogens (tertiary/aromatic N) is 4. The van der Waals surface area contributed by atoms with Gasteiger partial charge in [-0.05, 0) is 22.8 Å². The number of hydrogen-bond acceptors (Lipinski definition) is 6. The number of fused-ring (bicyclic) bond motifs is 1. The van der Waals surface area contributed by atoms with Gasteiger partial charge in [0.05, 0.1) is 23.1 Å². The first-order valence-electron chi connectivity index (χ1n) is 12.3. The number of aromatic nitrogens is 1. The molecular formula is C28H26N4O6. The highest BCUT2D eigenvalue weighted by Crippen LogP contribution is 2.38. The van der Waals surface area contributed by atoms with E-state index in [2.05, 4.69) is 0 Å². The first-order chi connectivity index (χ1) is 18.4. The van der Waals surface area contributed by atoms with Gasteiger partial charge in [0.2, 0.25) is 5.91 Å². The molecule has 0 bridgehead atoms. The monoisotopic (exact) mass is 514 g/mol. The van der Waals surface area contributed by atoms with E-state index >= 15 is 0 Å². The fourth-order valence-electron chi connectivity index (χ4n) is 4.99. The molecule has 10 nitrogen and oxygen atoms in total. The molecule has 4 aromatic rings. The molecule has 1 saturated heterocycles. The minimum Gasteiger partial charge on any atom is -0.378 e. The van der Waals surface area contributed by atoms with E-state index in [1.54, 1.807) is 23.1 Å². The number of nitro groups is 2. The Bertz CT molecular complexity index is 1490. The summed E-state index contributed by atoms with van der Waals surface area (Å²) in [5, 5.41) is 23.8. The average molecular weight is 515 g/mol. The number of rotatable bonds is 8. The van der Waals surface area contributed by atoms with E-state index in [0.717, 1.165) is 11.1 Å². The summed E-state index contributed by atoms with van der Waals surface area (Å²) in [4.78, 5) is 37.4. The lowest BCUT2D eigenvalue weighted by atomic mass is 9.87. The Morgan fingerprint density at radius 3 is 2.32 bits per heavy atom. The van der Waals surface area contributed by atoms with Crippen LogP contribution in [0.3, 0.4) is 0 Å². The van der Waals surface area contributed by atoms with Crippen molar-refractivity contribution in [3.8, 4) is 0 Å². The van der Waals surface area contributed by atoms with E-state index in [1.807, 2.05) is 41.1 Å². The summed E-state index contributed by atoms with van der Waals surface area (Å²) in [7, 11) is 0. The fourth-order valence-corrected chi connectivity index (χ4v) is 4.99. The summed E-state index contributed by atoms with van der Waals surface area (Å²) in [6.07, 6.45) is 1.98. The van der Waals surface area contributed by atoms with Gasteiger partial charge in [-0.3, -0.25) is 25.0 Å². The van der Waals surface area contributed by atoms with Gasteiger partial charge in [-0.15, -0.1) is 0 Å². The molecular weight excluding hydrogens is 488 g/mol. The Balaban J connectivity index is 1.65. The van der Waals surface area contributed by atoms with Crippen LogP contribution >= 0.6 is 0 Å². The molecule has 1 amide bonds. The molecule has 1 aliphatic rings. The number of morpholine rings is 1. The van der Waals surface area contributed by atoms with Gasteiger partial charge in [0.25, 0.3) is 11.4 Å². The van der Waals surface area contributed by atoms with Crippen LogP contribution in [0.2, 0.25) is 0 Å². The summed E-state index contributed by atoms with van der Waals surface area (Å²) in [6, 6.07) is 20.8. The molecule has 0 spiro atoms. The highest BCUT2D eigenvalue weighted by atomic mass is 16.6. The normalized spacial score (nSPS) is 14.4. The molecule has 0 aliphatic carbocycles. The van der Waals surface area contributed by atoms with Crippen molar-refractivity contribution in [1.29, 1.82) is 0 Å². The SMILES string of the molecule is O=C(CC(c1cccc([N+](=O)[O-])c1)c1cn(Cc2ccccc2)c2ccc([N+](=O)[O-])cc12)N1CCOCC1. The summed E-state index contributed by atoms with van der Waals surface area (Å²) >= 11 is 0. The molecule has 1 atom stereocenters. The van der Waals surface area contributed by atoms with Gasteiger partial charge >= 0.3 is 0 Å². The molecule has 1 aromatic heterocycles. The molecule has 0 N–H and O–H groups in total. The first-order valence-corrected chi connectivity index (χ1v) is 12.3. The molecule has 38 heavy (non-hydrogen) atoms. The Hall–Kier alpha value is -4.57. The van der Waals surface area contributed by atoms with Gasteiger partial charge in [0.1, 0.15) is 0 Å². The zero-order valence-electron chi connectivity index (χ0n) is 20.6. The minimum atomic E-state index is -0.549. The van der Waals surface area contributed by atoms with Gasteiger partial charge in [-0.2, -0.15) is 0 Å². The predicted octanol–water partition coefficient (Wildman–Crippen LogP) is 4.89. The van der Waals surface area contributed by atoms with Gasteiger partial charge in [-0.25, -0.2) is 0 Å². The lowest BCUT2D eigenvalue weighted by Crippen LogP contribution is -2.41. The maximum absolute atomic E-state index is 13.4. The Morgan fingerprint density at radius 2 is 1.61 bits per heavy atom. The van der Waals surface area contributed by atoms with Crippen molar-refractivity contribution in [2.45, 2.75) is 18.9 Å². The van der Waals surface area contributed by atoms with E-state index in [1.165, 1.54) is 24.3 Å². The minimum absolute atomic E-state index is 0.0616. The molecule has 5 rings (SSSR count). The topological polar surface area (TPSA) is 121 Å².